The summed E-state index contributed by atoms with van der Waals surface area (Å²) in [4.78, 5) is 0.154. The van der Waals surface area contributed by atoms with Crippen molar-refractivity contribution < 1.29 is 8.42 Å². The second kappa shape index (κ2) is 5.94. The van der Waals surface area contributed by atoms with Crippen molar-refractivity contribution in [1.82, 2.24) is 4.31 Å². The van der Waals surface area contributed by atoms with Gasteiger partial charge in [-0.05, 0) is 24.6 Å². The van der Waals surface area contributed by atoms with Gasteiger partial charge in [-0.15, -0.1) is 12.4 Å². The molecule has 0 radical (unpaired) electrons. The molecule has 8 heteroatoms. The number of sulfonamides is 1. The Morgan fingerprint density at radius 2 is 1.94 bits per heavy atom. The standard InChI is InChI=1S/C10H12Cl2N2O2S.ClH/c11-9-2-1-8(5-10(9)12)17(15,16)14-4-3-7(13)6-14;/h1-2,5,7H,3-4,6,13H2;1H. The SMILES string of the molecule is Cl.NC1CCN(S(=O)(=O)c2ccc(Cl)c(Cl)c2)C1. The molecular weight excluding hydrogens is 319 g/mol. The van der Waals surface area contributed by atoms with E-state index in [1.54, 1.807) is 0 Å². The molecule has 1 heterocycles. The molecule has 1 unspecified atom stereocenters. The first kappa shape index (κ1) is 16.0. The van der Waals surface area contributed by atoms with E-state index in [1.807, 2.05) is 0 Å². The van der Waals surface area contributed by atoms with Crippen LogP contribution in [0.4, 0.5) is 0 Å². The summed E-state index contributed by atoms with van der Waals surface area (Å²) in [7, 11) is -3.50. The molecule has 1 saturated heterocycles. The van der Waals surface area contributed by atoms with Crippen LogP contribution in [-0.2, 0) is 10.0 Å². The van der Waals surface area contributed by atoms with Crippen LogP contribution in [0.3, 0.4) is 0 Å². The first-order valence-corrected chi connectivity index (χ1v) is 7.31. The highest BCUT2D eigenvalue weighted by Gasteiger charge is 2.31. The van der Waals surface area contributed by atoms with Crippen LogP contribution in [0.2, 0.25) is 10.0 Å². The zero-order chi connectivity index (χ0) is 12.6. The van der Waals surface area contributed by atoms with E-state index in [0.717, 1.165) is 0 Å². The molecule has 0 saturated carbocycles. The van der Waals surface area contributed by atoms with Crippen molar-refractivity contribution in [3.8, 4) is 0 Å². The van der Waals surface area contributed by atoms with Crippen molar-refractivity contribution in [2.45, 2.75) is 17.4 Å². The average molecular weight is 332 g/mol. The number of rotatable bonds is 2. The van der Waals surface area contributed by atoms with E-state index in [1.165, 1.54) is 22.5 Å². The van der Waals surface area contributed by atoms with E-state index in [0.29, 0.717) is 24.5 Å². The summed E-state index contributed by atoms with van der Waals surface area (Å²) >= 11 is 11.6. The molecule has 1 aromatic carbocycles. The van der Waals surface area contributed by atoms with Gasteiger partial charge in [0.25, 0.3) is 0 Å². The monoisotopic (exact) mass is 330 g/mol. The van der Waals surface area contributed by atoms with Crippen LogP contribution < -0.4 is 5.73 Å². The Hall–Kier alpha value is -0.0400. The van der Waals surface area contributed by atoms with Crippen molar-refractivity contribution in [1.29, 1.82) is 0 Å². The number of hydrogen-bond acceptors (Lipinski definition) is 3. The van der Waals surface area contributed by atoms with Crippen LogP contribution in [0.15, 0.2) is 23.1 Å². The summed E-state index contributed by atoms with van der Waals surface area (Å²) in [5.41, 5.74) is 5.70. The fraction of sp³-hybridized carbons (Fsp3) is 0.400. The number of halogens is 3. The molecule has 1 aliphatic rings. The highest BCUT2D eigenvalue weighted by atomic mass is 35.5. The van der Waals surface area contributed by atoms with Gasteiger partial charge in [-0.25, -0.2) is 8.42 Å². The lowest BCUT2D eigenvalue weighted by Crippen LogP contribution is -2.31. The van der Waals surface area contributed by atoms with Crippen molar-refractivity contribution in [3.63, 3.8) is 0 Å². The molecule has 4 nitrogen and oxygen atoms in total. The molecular formula is C10H13Cl3N2O2S. The minimum absolute atomic E-state index is 0. The lowest BCUT2D eigenvalue weighted by Gasteiger charge is -2.16. The zero-order valence-corrected chi connectivity index (χ0v) is 12.5. The van der Waals surface area contributed by atoms with Gasteiger partial charge in [0.2, 0.25) is 10.0 Å². The number of benzene rings is 1. The molecule has 2 N–H and O–H groups in total. The number of nitrogens with two attached hydrogens (primary N) is 1. The van der Waals surface area contributed by atoms with Gasteiger partial charge in [0.1, 0.15) is 0 Å². The molecule has 1 aromatic rings. The Kier molecular flexibility index (Phi) is 5.29. The molecule has 0 bridgehead atoms. The fourth-order valence-corrected chi connectivity index (χ4v) is 3.66. The van der Waals surface area contributed by atoms with E-state index >= 15 is 0 Å². The van der Waals surface area contributed by atoms with E-state index < -0.39 is 10.0 Å². The lowest BCUT2D eigenvalue weighted by atomic mass is 10.3. The van der Waals surface area contributed by atoms with E-state index in [2.05, 4.69) is 0 Å². The third-order valence-corrected chi connectivity index (χ3v) is 5.32. The first-order valence-electron chi connectivity index (χ1n) is 5.12. The van der Waals surface area contributed by atoms with Crippen LogP contribution in [0.25, 0.3) is 0 Å². The third kappa shape index (κ3) is 3.10. The molecule has 0 aliphatic carbocycles. The molecule has 102 valence electrons. The second-order valence-corrected chi connectivity index (χ2v) is 6.74. The minimum atomic E-state index is -3.50. The Balaban J connectivity index is 0.00000162. The van der Waals surface area contributed by atoms with Gasteiger partial charge in [-0.3, -0.25) is 0 Å². The molecule has 1 atom stereocenters. The average Bonchev–Trinajstić information content (AvgIpc) is 2.69. The van der Waals surface area contributed by atoms with Crippen molar-refractivity contribution in [2.24, 2.45) is 5.73 Å². The van der Waals surface area contributed by atoms with Gasteiger partial charge in [0.05, 0.1) is 14.9 Å². The Bertz CT molecular complexity index is 536. The van der Waals surface area contributed by atoms with E-state index in [4.69, 9.17) is 28.9 Å². The molecule has 0 amide bonds. The Morgan fingerprint density at radius 3 is 2.44 bits per heavy atom. The van der Waals surface area contributed by atoms with E-state index in [-0.39, 0.29) is 28.4 Å². The smallest absolute Gasteiger partial charge is 0.243 e. The number of nitrogens with zero attached hydrogens (tertiary/aromatic N) is 1. The summed E-state index contributed by atoms with van der Waals surface area (Å²) < 4.78 is 25.8. The van der Waals surface area contributed by atoms with Gasteiger partial charge < -0.3 is 5.73 Å². The van der Waals surface area contributed by atoms with Gasteiger partial charge in [0.15, 0.2) is 0 Å². The van der Waals surface area contributed by atoms with Crippen molar-refractivity contribution in [2.75, 3.05) is 13.1 Å². The van der Waals surface area contributed by atoms with Crippen LogP contribution in [0.1, 0.15) is 6.42 Å². The maximum absolute atomic E-state index is 12.2. The predicted octanol–water partition coefficient (Wildman–Crippen LogP) is 2.14. The predicted molar refractivity (Wildman–Crippen MR) is 75.1 cm³/mol. The fourth-order valence-electron chi connectivity index (χ4n) is 1.76. The van der Waals surface area contributed by atoms with E-state index in [9.17, 15) is 8.42 Å². The Labute approximate surface area is 123 Å². The molecule has 1 aliphatic heterocycles. The third-order valence-electron chi connectivity index (χ3n) is 2.72. The molecule has 0 aromatic heterocycles. The van der Waals surface area contributed by atoms with Gasteiger partial charge in [-0.2, -0.15) is 4.31 Å². The van der Waals surface area contributed by atoms with Gasteiger partial charge in [0, 0.05) is 19.1 Å². The highest BCUT2D eigenvalue weighted by Crippen LogP contribution is 2.27. The maximum atomic E-state index is 12.2. The topological polar surface area (TPSA) is 63.4 Å². The molecule has 1 fully saturated rings. The lowest BCUT2D eigenvalue weighted by molar-refractivity contribution is 0.472. The number of hydrogen-bond donors (Lipinski definition) is 1. The van der Waals surface area contributed by atoms with Crippen LogP contribution in [0, 0.1) is 0 Å². The van der Waals surface area contributed by atoms with Gasteiger partial charge >= 0.3 is 0 Å². The summed E-state index contributed by atoms with van der Waals surface area (Å²) in [5, 5.41) is 0.569. The first-order chi connectivity index (χ1) is 7.91. The second-order valence-electron chi connectivity index (χ2n) is 3.99. The van der Waals surface area contributed by atoms with Crippen molar-refractivity contribution >= 4 is 45.6 Å². The minimum Gasteiger partial charge on any atom is -0.326 e. The molecule has 18 heavy (non-hydrogen) atoms. The maximum Gasteiger partial charge on any atom is 0.243 e. The largest absolute Gasteiger partial charge is 0.326 e. The highest BCUT2D eigenvalue weighted by molar-refractivity contribution is 7.89. The molecule has 2 rings (SSSR count). The summed E-state index contributed by atoms with van der Waals surface area (Å²) in [6.07, 6.45) is 0.681. The summed E-state index contributed by atoms with van der Waals surface area (Å²) in [6, 6.07) is 4.20. The Morgan fingerprint density at radius 1 is 1.28 bits per heavy atom. The van der Waals surface area contributed by atoms with Gasteiger partial charge in [-0.1, -0.05) is 23.2 Å². The van der Waals surface area contributed by atoms with Crippen LogP contribution >= 0.6 is 35.6 Å². The summed E-state index contributed by atoms with van der Waals surface area (Å²) in [5.74, 6) is 0. The van der Waals surface area contributed by atoms with Crippen LogP contribution in [0.5, 0.6) is 0 Å². The summed E-state index contributed by atoms with van der Waals surface area (Å²) in [6.45, 7) is 0.798. The zero-order valence-electron chi connectivity index (χ0n) is 9.34. The molecule has 0 spiro atoms. The van der Waals surface area contributed by atoms with Crippen molar-refractivity contribution in [3.05, 3.63) is 28.2 Å². The van der Waals surface area contributed by atoms with Crippen LogP contribution in [-0.4, -0.2) is 31.9 Å². The normalized spacial score (nSPS) is 20.7. The quantitative estimate of drug-likeness (QED) is 0.903.